The fourth-order valence-corrected chi connectivity index (χ4v) is 3.44. The Kier molecular flexibility index (Phi) is 4.60. The lowest BCUT2D eigenvalue weighted by molar-refractivity contribution is 0.0406. The minimum absolute atomic E-state index is 0.306. The predicted molar refractivity (Wildman–Crippen MR) is 87.3 cm³/mol. The molecule has 2 unspecified atom stereocenters. The Balaban J connectivity index is 1.60. The summed E-state index contributed by atoms with van der Waals surface area (Å²) in [5.74, 6) is 1.09. The van der Waals surface area contributed by atoms with Gasteiger partial charge in [0.15, 0.2) is 0 Å². The highest BCUT2D eigenvalue weighted by molar-refractivity contribution is 5.18. The minimum Gasteiger partial charge on any atom is -0.385 e. The van der Waals surface area contributed by atoms with Crippen molar-refractivity contribution in [2.24, 2.45) is 13.0 Å². The van der Waals surface area contributed by atoms with Crippen LogP contribution in [-0.4, -0.2) is 32.6 Å². The zero-order chi connectivity index (χ0) is 15.5. The van der Waals surface area contributed by atoms with Crippen molar-refractivity contribution in [3.8, 4) is 0 Å². The molecule has 22 heavy (non-hydrogen) atoms. The van der Waals surface area contributed by atoms with E-state index in [-0.39, 0.29) is 0 Å². The van der Waals surface area contributed by atoms with Crippen molar-refractivity contribution in [3.63, 3.8) is 0 Å². The molecule has 1 aromatic heterocycles. The fourth-order valence-electron chi connectivity index (χ4n) is 3.44. The molecule has 0 aliphatic carbocycles. The Morgan fingerprint density at radius 2 is 1.86 bits per heavy atom. The van der Waals surface area contributed by atoms with E-state index in [4.69, 9.17) is 0 Å². The van der Waals surface area contributed by atoms with Crippen molar-refractivity contribution in [2.45, 2.75) is 31.9 Å². The Labute approximate surface area is 132 Å². The third-order valence-corrected chi connectivity index (χ3v) is 4.97. The highest BCUT2D eigenvalue weighted by atomic mass is 16.3. The lowest BCUT2D eigenvalue weighted by atomic mass is 9.89. The number of aryl methyl sites for hydroxylation is 1. The topological polar surface area (TPSA) is 41.3 Å². The first kappa shape index (κ1) is 15.3. The summed E-state index contributed by atoms with van der Waals surface area (Å²) in [5, 5.41) is 10.6. The van der Waals surface area contributed by atoms with Crippen LogP contribution in [0.25, 0.3) is 0 Å². The van der Waals surface area contributed by atoms with Gasteiger partial charge in [-0.25, -0.2) is 4.98 Å². The molecule has 1 aliphatic rings. The van der Waals surface area contributed by atoms with Gasteiger partial charge >= 0.3 is 0 Å². The Bertz CT molecular complexity index is 587. The van der Waals surface area contributed by atoms with Crippen LogP contribution in [0, 0.1) is 5.92 Å². The number of hydrogen-bond donors (Lipinski definition) is 1. The van der Waals surface area contributed by atoms with Crippen molar-refractivity contribution in [1.29, 1.82) is 0 Å². The number of aromatic nitrogens is 2. The van der Waals surface area contributed by atoms with Gasteiger partial charge in [0.1, 0.15) is 11.9 Å². The lowest BCUT2D eigenvalue weighted by Gasteiger charge is -2.37. The summed E-state index contributed by atoms with van der Waals surface area (Å²) in [5.41, 5.74) is 1.37. The minimum atomic E-state index is -0.450. The molecule has 1 fully saturated rings. The molecule has 2 atom stereocenters. The van der Waals surface area contributed by atoms with Crippen LogP contribution in [0.1, 0.15) is 43.3 Å². The van der Waals surface area contributed by atoms with Crippen molar-refractivity contribution in [3.05, 3.63) is 54.1 Å². The summed E-state index contributed by atoms with van der Waals surface area (Å²) >= 11 is 0. The highest BCUT2D eigenvalue weighted by Crippen LogP contribution is 2.32. The monoisotopic (exact) mass is 299 g/mol. The summed E-state index contributed by atoms with van der Waals surface area (Å²) in [6, 6.07) is 11.1. The Morgan fingerprint density at radius 1 is 1.18 bits per heavy atom. The third kappa shape index (κ3) is 3.08. The number of aliphatic hydroxyl groups is 1. The second-order valence-electron chi connectivity index (χ2n) is 6.30. The van der Waals surface area contributed by atoms with E-state index in [0.717, 1.165) is 31.8 Å². The predicted octanol–water partition coefficient (Wildman–Crippen LogP) is 2.93. The molecule has 1 saturated heterocycles. The van der Waals surface area contributed by atoms with E-state index in [1.807, 2.05) is 17.8 Å². The van der Waals surface area contributed by atoms with Crippen LogP contribution in [-0.2, 0) is 7.05 Å². The van der Waals surface area contributed by atoms with Gasteiger partial charge in [-0.05, 0) is 44.3 Å². The normalized spacial score (nSPS) is 20.0. The van der Waals surface area contributed by atoms with Crippen LogP contribution in [0.4, 0.5) is 0 Å². The molecule has 0 saturated carbocycles. The highest BCUT2D eigenvalue weighted by Gasteiger charge is 2.30. The number of piperidine rings is 1. The molecule has 0 spiro atoms. The molecule has 4 heteroatoms. The number of benzene rings is 1. The van der Waals surface area contributed by atoms with Gasteiger partial charge in [0, 0.05) is 25.5 Å². The average Bonchev–Trinajstić information content (AvgIpc) is 3.00. The zero-order valence-corrected chi connectivity index (χ0v) is 13.4. The van der Waals surface area contributed by atoms with Crippen LogP contribution in [0.5, 0.6) is 0 Å². The standard InChI is InChI=1S/C18H25N3O/c1-14(15-6-4-3-5-7-15)21-11-8-16(9-12-21)17(22)18-19-10-13-20(18)2/h3-7,10,13-14,16-17,22H,8-9,11-12H2,1-2H3. The van der Waals surface area contributed by atoms with E-state index in [1.54, 1.807) is 6.20 Å². The SMILES string of the molecule is CC(c1ccccc1)N1CCC(C(O)c2nccn2C)CC1. The molecule has 4 nitrogen and oxygen atoms in total. The maximum Gasteiger partial charge on any atom is 0.137 e. The Morgan fingerprint density at radius 3 is 2.45 bits per heavy atom. The molecule has 118 valence electrons. The number of imidazole rings is 1. The van der Waals surface area contributed by atoms with Gasteiger partial charge in [0.05, 0.1) is 0 Å². The van der Waals surface area contributed by atoms with Crippen LogP contribution in [0.15, 0.2) is 42.7 Å². The first-order valence-corrected chi connectivity index (χ1v) is 8.11. The molecule has 3 rings (SSSR count). The van der Waals surface area contributed by atoms with E-state index in [9.17, 15) is 5.11 Å². The van der Waals surface area contributed by atoms with Gasteiger partial charge in [-0.2, -0.15) is 0 Å². The van der Waals surface area contributed by atoms with E-state index in [0.29, 0.717) is 12.0 Å². The maximum atomic E-state index is 10.6. The van der Waals surface area contributed by atoms with Crippen LogP contribution >= 0.6 is 0 Å². The Hall–Kier alpha value is -1.65. The molecule has 0 amide bonds. The summed E-state index contributed by atoms with van der Waals surface area (Å²) in [4.78, 5) is 6.80. The fraction of sp³-hybridized carbons (Fsp3) is 0.500. The van der Waals surface area contributed by atoms with E-state index >= 15 is 0 Å². The van der Waals surface area contributed by atoms with Crippen molar-refractivity contribution >= 4 is 0 Å². The van der Waals surface area contributed by atoms with Crippen LogP contribution < -0.4 is 0 Å². The van der Waals surface area contributed by atoms with Gasteiger partial charge in [0.2, 0.25) is 0 Å². The summed E-state index contributed by atoms with van der Waals surface area (Å²) in [6.07, 6.45) is 5.24. The number of hydrogen-bond acceptors (Lipinski definition) is 3. The number of aliphatic hydroxyl groups excluding tert-OH is 1. The largest absolute Gasteiger partial charge is 0.385 e. The van der Waals surface area contributed by atoms with Crippen LogP contribution in [0.2, 0.25) is 0 Å². The second-order valence-corrected chi connectivity index (χ2v) is 6.30. The lowest BCUT2D eigenvalue weighted by Crippen LogP contribution is -2.37. The molecular weight excluding hydrogens is 274 g/mol. The number of rotatable bonds is 4. The van der Waals surface area contributed by atoms with Crippen LogP contribution in [0.3, 0.4) is 0 Å². The third-order valence-electron chi connectivity index (χ3n) is 4.97. The van der Waals surface area contributed by atoms with E-state index in [2.05, 4.69) is 47.1 Å². The van der Waals surface area contributed by atoms with Crippen molar-refractivity contribution < 1.29 is 5.11 Å². The molecule has 2 aromatic rings. The molecule has 0 radical (unpaired) electrons. The summed E-state index contributed by atoms with van der Waals surface area (Å²) in [6.45, 7) is 4.33. The molecule has 0 bridgehead atoms. The number of nitrogens with zero attached hydrogens (tertiary/aromatic N) is 3. The molecular formula is C18H25N3O. The summed E-state index contributed by atoms with van der Waals surface area (Å²) in [7, 11) is 1.94. The average molecular weight is 299 g/mol. The quantitative estimate of drug-likeness (QED) is 0.944. The van der Waals surface area contributed by atoms with E-state index in [1.165, 1.54) is 5.56 Å². The van der Waals surface area contributed by atoms with Gasteiger partial charge < -0.3 is 9.67 Å². The van der Waals surface area contributed by atoms with Crippen molar-refractivity contribution in [1.82, 2.24) is 14.5 Å². The molecule has 1 aliphatic heterocycles. The maximum absolute atomic E-state index is 10.6. The van der Waals surface area contributed by atoms with Gasteiger partial charge in [-0.15, -0.1) is 0 Å². The number of likely N-dealkylation sites (tertiary alicyclic amines) is 1. The molecule has 1 aromatic carbocycles. The first-order chi connectivity index (χ1) is 10.7. The molecule has 1 N–H and O–H groups in total. The van der Waals surface area contributed by atoms with Gasteiger partial charge in [-0.1, -0.05) is 30.3 Å². The van der Waals surface area contributed by atoms with E-state index < -0.39 is 6.10 Å². The summed E-state index contributed by atoms with van der Waals surface area (Å²) < 4.78 is 1.92. The molecule has 2 heterocycles. The van der Waals surface area contributed by atoms with Gasteiger partial charge in [-0.3, -0.25) is 4.90 Å². The zero-order valence-electron chi connectivity index (χ0n) is 13.4. The smallest absolute Gasteiger partial charge is 0.137 e. The second kappa shape index (κ2) is 6.63. The first-order valence-electron chi connectivity index (χ1n) is 8.11. The van der Waals surface area contributed by atoms with Crippen molar-refractivity contribution in [2.75, 3.05) is 13.1 Å². The van der Waals surface area contributed by atoms with Gasteiger partial charge in [0.25, 0.3) is 0 Å².